The average molecular weight is 262 g/mol. The van der Waals surface area contributed by atoms with Crippen LogP contribution in [-0.4, -0.2) is 20.7 Å². The summed E-state index contributed by atoms with van der Waals surface area (Å²) in [6, 6.07) is 10.4. The molecule has 0 radical (unpaired) electrons. The summed E-state index contributed by atoms with van der Waals surface area (Å²) in [4.78, 5) is 2.20. The fourth-order valence-corrected chi connectivity index (χ4v) is 2.69. The van der Waals surface area contributed by atoms with Crippen LogP contribution in [0.25, 0.3) is 0 Å². The zero-order valence-electron chi connectivity index (χ0n) is 10.7. The molecule has 2 N–H and O–H groups in total. The largest absolute Gasteiger partial charge is 0.497 e. The van der Waals surface area contributed by atoms with Gasteiger partial charge in [-0.2, -0.15) is 11.3 Å². The Kier molecular flexibility index (Phi) is 4.23. The van der Waals surface area contributed by atoms with Crippen LogP contribution in [0.4, 0.5) is 5.69 Å². The van der Waals surface area contributed by atoms with Crippen LogP contribution in [0, 0.1) is 0 Å². The van der Waals surface area contributed by atoms with Gasteiger partial charge < -0.3 is 15.4 Å². The summed E-state index contributed by atoms with van der Waals surface area (Å²) < 4.78 is 5.17. The number of hydrogen-bond acceptors (Lipinski definition) is 4. The Morgan fingerprint density at radius 1 is 1.28 bits per heavy atom. The van der Waals surface area contributed by atoms with Crippen molar-refractivity contribution < 1.29 is 4.74 Å². The first-order valence-electron chi connectivity index (χ1n) is 5.85. The number of nitrogens with zero attached hydrogens (tertiary/aromatic N) is 1. The number of methoxy groups -OCH3 is 1. The molecule has 0 amide bonds. The Morgan fingerprint density at radius 3 is 2.50 bits per heavy atom. The Hall–Kier alpha value is -1.52. The molecule has 1 unspecified atom stereocenters. The van der Waals surface area contributed by atoms with Crippen molar-refractivity contribution in [3.8, 4) is 5.75 Å². The van der Waals surface area contributed by atoms with Gasteiger partial charge in [-0.1, -0.05) is 0 Å². The highest BCUT2D eigenvalue weighted by molar-refractivity contribution is 7.08. The lowest BCUT2D eigenvalue weighted by atomic mass is 10.1. The van der Waals surface area contributed by atoms with Gasteiger partial charge in [-0.05, 0) is 46.7 Å². The zero-order valence-corrected chi connectivity index (χ0v) is 11.5. The zero-order chi connectivity index (χ0) is 13.0. The van der Waals surface area contributed by atoms with Crippen molar-refractivity contribution in [2.75, 3.05) is 25.6 Å². The molecule has 1 atom stereocenters. The third-order valence-corrected chi connectivity index (χ3v) is 3.80. The predicted molar refractivity (Wildman–Crippen MR) is 77.5 cm³/mol. The van der Waals surface area contributed by atoms with Crippen LogP contribution in [0.5, 0.6) is 5.75 Å². The monoisotopic (exact) mass is 262 g/mol. The van der Waals surface area contributed by atoms with Gasteiger partial charge in [-0.25, -0.2) is 0 Å². The lowest BCUT2D eigenvalue weighted by Crippen LogP contribution is -2.30. The number of benzene rings is 1. The molecule has 0 saturated heterocycles. The first-order chi connectivity index (χ1) is 8.76. The number of hydrogen-bond donors (Lipinski definition) is 1. The lowest BCUT2D eigenvalue weighted by molar-refractivity contribution is 0.415. The van der Waals surface area contributed by atoms with E-state index in [0.717, 1.165) is 11.4 Å². The van der Waals surface area contributed by atoms with Gasteiger partial charge in [0.25, 0.3) is 0 Å². The Morgan fingerprint density at radius 2 is 2.00 bits per heavy atom. The van der Waals surface area contributed by atoms with Crippen LogP contribution in [0.2, 0.25) is 0 Å². The molecule has 0 aliphatic rings. The van der Waals surface area contributed by atoms with Crippen LogP contribution in [-0.2, 0) is 0 Å². The fourth-order valence-electron chi connectivity index (χ4n) is 1.98. The molecule has 0 aliphatic heterocycles. The maximum absolute atomic E-state index is 5.90. The fraction of sp³-hybridized carbons (Fsp3) is 0.286. The van der Waals surface area contributed by atoms with Gasteiger partial charge in [-0.3, -0.25) is 0 Å². The van der Waals surface area contributed by atoms with Gasteiger partial charge in [0.2, 0.25) is 0 Å². The number of ether oxygens (including phenoxy) is 1. The van der Waals surface area contributed by atoms with Crippen molar-refractivity contribution in [1.82, 2.24) is 0 Å². The smallest absolute Gasteiger partial charge is 0.119 e. The van der Waals surface area contributed by atoms with Gasteiger partial charge in [0.1, 0.15) is 5.75 Å². The van der Waals surface area contributed by atoms with Crippen molar-refractivity contribution in [1.29, 1.82) is 0 Å². The van der Waals surface area contributed by atoms with E-state index in [-0.39, 0.29) is 6.04 Å². The van der Waals surface area contributed by atoms with Crippen LogP contribution >= 0.6 is 11.3 Å². The summed E-state index contributed by atoms with van der Waals surface area (Å²) in [5.74, 6) is 0.868. The van der Waals surface area contributed by atoms with E-state index < -0.39 is 0 Å². The predicted octanol–water partition coefficient (Wildman–Crippen LogP) is 2.89. The molecule has 0 saturated carbocycles. The summed E-state index contributed by atoms with van der Waals surface area (Å²) >= 11 is 1.70. The molecule has 0 fully saturated rings. The minimum atomic E-state index is 0.213. The molecule has 18 heavy (non-hydrogen) atoms. The van der Waals surface area contributed by atoms with Crippen molar-refractivity contribution in [2.45, 2.75) is 6.04 Å². The summed E-state index contributed by atoms with van der Waals surface area (Å²) in [5.41, 5.74) is 8.30. The van der Waals surface area contributed by atoms with Crippen molar-refractivity contribution in [3.05, 3.63) is 46.7 Å². The number of likely N-dealkylation sites (N-methyl/N-ethyl adjacent to an activating group) is 1. The first kappa shape index (κ1) is 12.9. The van der Waals surface area contributed by atoms with Crippen LogP contribution in [0.15, 0.2) is 41.1 Å². The highest BCUT2D eigenvalue weighted by Gasteiger charge is 2.16. The molecule has 0 spiro atoms. The molecule has 2 rings (SSSR count). The van der Waals surface area contributed by atoms with Gasteiger partial charge in [0, 0.05) is 19.3 Å². The summed E-state index contributed by atoms with van der Waals surface area (Å²) in [6.07, 6.45) is 0. The van der Waals surface area contributed by atoms with E-state index in [1.165, 1.54) is 5.56 Å². The number of anilines is 1. The quantitative estimate of drug-likeness (QED) is 0.900. The second kappa shape index (κ2) is 5.89. The highest BCUT2D eigenvalue weighted by Crippen LogP contribution is 2.27. The third kappa shape index (κ3) is 2.66. The second-order valence-electron chi connectivity index (χ2n) is 4.12. The van der Waals surface area contributed by atoms with E-state index in [1.807, 2.05) is 24.3 Å². The van der Waals surface area contributed by atoms with Crippen molar-refractivity contribution in [3.63, 3.8) is 0 Å². The Balaban J connectivity index is 2.20. The maximum Gasteiger partial charge on any atom is 0.119 e. The van der Waals surface area contributed by atoms with E-state index in [9.17, 15) is 0 Å². The van der Waals surface area contributed by atoms with Crippen LogP contribution in [0.1, 0.15) is 11.6 Å². The van der Waals surface area contributed by atoms with E-state index in [1.54, 1.807) is 18.4 Å². The number of nitrogens with two attached hydrogens (primary N) is 1. The summed E-state index contributed by atoms with van der Waals surface area (Å²) in [7, 11) is 3.74. The van der Waals surface area contributed by atoms with Gasteiger partial charge >= 0.3 is 0 Å². The molecule has 0 bridgehead atoms. The van der Waals surface area contributed by atoms with E-state index in [2.05, 4.69) is 28.8 Å². The van der Waals surface area contributed by atoms with Crippen LogP contribution in [0.3, 0.4) is 0 Å². The molecular formula is C14H18N2OS. The minimum absolute atomic E-state index is 0.213. The molecule has 2 aromatic rings. The maximum atomic E-state index is 5.90. The molecule has 1 aromatic heterocycles. The molecule has 4 heteroatoms. The summed E-state index contributed by atoms with van der Waals surface area (Å²) in [5, 5.41) is 4.23. The third-order valence-electron chi connectivity index (χ3n) is 3.10. The number of thiophene rings is 1. The molecule has 3 nitrogen and oxygen atoms in total. The van der Waals surface area contributed by atoms with Crippen LogP contribution < -0.4 is 15.4 Å². The normalized spacial score (nSPS) is 12.2. The van der Waals surface area contributed by atoms with E-state index in [4.69, 9.17) is 10.5 Å². The standard InChI is InChI=1S/C14H18N2OS/c1-16(12-3-5-13(17-2)6-4-12)14(9-15)11-7-8-18-10-11/h3-8,10,14H,9,15H2,1-2H3. The van der Waals surface area contributed by atoms with Gasteiger partial charge in [0.05, 0.1) is 13.2 Å². The lowest BCUT2D eigenvalue weighted by Gasteiger charge is -2.28. The molecule has 0 aliphatic carbocycles. The topological polar surface area (TPSA) is 38.5 Å². The number of rotatable bonds is 5. The van der Waals surface area contributed by atoms with Crippen molar-refractivity contribution >= 4 is 17.0 Å². The van der Waals surface area contributed by atoms with Gasteiger partial charge in [-0.15, -0.1) is 0 Å². The molecular weight excluding hydrogens is 244 g/mol. The van der Waals surface area contributed by atoms with E-state index in [0.29, 0.717) is 6.54 Å². The highest BCUT2D eigenvalue weighted by atomic mass is 32.1. The summed E-state index contributed by atoms with van der Waals surface area (Å²) in [6.45, 7) is 0.596. The Bertz CT molecular complexity index is 467. The second-order valence-corrected chi connectivity index (χ2v) is 4.90. The van der Waals surface area contributed by atoms with Gasteiger partial charge in [0.15, 0.2) is 0 Å². The Labute approximate surface area is 112 Å². The molecule has 96 valence electrons. The SMILES string of the molecule is COc1ccc(N(C)C(CN)c2ccsc2)cc1. The first-order valence-corrected chi connectivity index (χ1v) is 6.79. The molecule has 1 aromatic carbocycles. The molecule has 1 heterocycles. The average Bonchev–Trinajstić information content (AvgIpc) is 2.93. The minimum Gasteiger partial charge on any atom is -0.497 e. The van der Waals surface area contributed by atoms with E-state index >= 15 is 0 Å². The van der Waals surface area contributed by atoms with Crippen molar-refractivity contribution in [2.24, 2.45) is 5.73 Å².